The van der Waals surface area contributed by atoms with Gasteiger partial charge in [0.15, 0.2) is 0 Å². The summed E-state index contributed by atoms with van der Waals surface area (Å²) in [6, 6.07) is 0. The molecule has 0 saturated carbocycles. The average Bonchev–Trinajstić information content (AvgIpc) is 2.73. The van der Waals surface area contributed by atoms with E-state index in [9.17, 15) is 14.4 Å². The van der Waals surface area contributed by atoms with Gasteiger partial charge in [0.2, 0.25) is 5.91 Å². The zero-order valence-electron chi connectivity index (χ0n) is 14.8. The van der Waals surface area contributed by atoms with Gasteiger partial charge in [-0.3, -0.25) is 4.79 Å². The van der Waals surface area contributed by atoms with E-state index in [-0.39, 0.29) is 34.1 Å². The summed E-state index contributed by atoms with van der Waals surface area (Å²) < 4.78 is 10.2. The third kappa shape index (κ3) is 5.19. The van der Waals surface area contributed by atoms with Crippen molar-refractivity contribution in [2.24, 2.45) is 0 Å². The van der Waals surface area contributed by atoms with E-state index in [1.54, 1.807) is 41.5 Å². The van der Waals surface area contributed by atoms with Crippen LogP contribution in [0.3, 0.4) is 0 Å². The molecule has 132 valence electrons. The zero-order chi connectivity index (χ0) is 18.4. The van der Waals surface area contributed by atoms with Crippen molar-refractivity contribution in [3.63, 3.8) is 0 Å². The van der Waals surface area contributed by atoms with Gasteiger partial charge >= 0.3 is 11.9 Å². The highest BCUT2D eigenvalue weighted by atomic mass is 32.1. The van der Waals surface area contributed by atoms with E-state index in [2.05, 4.69) is 5.32 Å². The van der Waals surface area contributed by atoms with Crippen molar-refractivity contribution >= 4 is 34.2 Å². The molecular weight excluding hydrogens is 330 g/mol. The minimum absolute atomic E-state index is 0.188. The topological polar surface area (TPSA) is 81.7 Å². The maximum atomic E-state index is 12.2. The van der Waals surface area contributed by atoms with E-state index >= 15 is 0 Å². The summed E-state index contributed by atoms with van der Waals surface area (Å²) in [6.45, 7) is 10.6. The highest BCUT2D eigenvalue weighted by Crippen LogP contribution is 2.34. The van der Waals surface area contributed by atoms with E-state index < -0.39 is 11.9 Å². The second-order valence-electron chi connectivity index (χ2n) is 5.65. The smallest absolute Gasteiger partial charge is 0.348 e. The minimum atomic E-state index is -0.581. The number of thiophene rings is 1. The van der Waals surface area contributed by atoms with Gasteiger partial charge in [0, 0.05) is 6.08 Å². The number of allylic oxidation sites excluding steroid dienone is 1. The molecule has 0 radical (unpaired) electrons. The summed E-state index contributed by atoms with van der Waals surface area (Å²) in [4.78, 5) is 36.7. The van der Waals surface area contributed by atoms with Crippen LogP contribution in [0.15, 0.2) is 11.6 Å². The molecule has 1 aromatic rings. The van der Waals surface area contributed by atoms with Gasteiger partial charge in [-0.1, -0.05) is 5.57 Å². The van der Waals surface area contributed by atoms with Crippen molar-refractivity contribution in [1.29, 1.82) is 0 Å². The Kier molecular flexibility index (Phi) is 7.16. The lowest BCUT2D eigenvalue weighted by atomic mass is 10.1. The van der Waals surface area contributed by atoms with E-state index in [0.717, 1.165) is 16.9 Å². The molecule has 0 atom stereocenters. The van der Waals surface area contributed by atoms with Crippen molar-refractivity contribution in [3.05, 3.63) is 27.7 Å². The fourth-order valence-electron chi connectivity index (χ4n) is 1.92. The van der Waals surface area contributed by atoms with E-state index in [4.69, 9.17) is 9.47 Å². The van der Waals surface area contributed by atoms with Gasteiger partial charge in [0.1, 0.15) is 9.88 Å². The van der Waals surface area contributed by atoms with Crippen molar-refractivity contribution in [2.45, 2.75) is 47.6 Å². The lowest BCUT2D eigenvalue weighted by Gasteiger charge is -2.07. The summed E-state index contributed by atoms with van der Waals surface area (Å²) in [5.41, 5.74) is 1.45. The fourth-order valence-corrected chi connectivity index (χ4v) is 3.00. The van der Waals surface area contributed by atoms with Crippen molar-refractivity contribution < 1.29 is 23.9 Å². The molecule has 0 unspecified atom stereocenters. The third-order valence-corrected chi connectivity index (χ3v) is 4.00. The van der Waals surface area contributed by atoms with E-state index in [1.165, 1.54) is 6.08 Å². The fraction of sp³-hybridized carbons (Fsp3) is 0.471. The molecule has 1 amide bonds. The van der Waals surface area contributed by atoms with Gasteiger partial charge < -0.3 is 14.8 Å². The van der Waals surface area contributed by atoms with Crippen molar-refractivity contribution in [1.82, 2.24) is 0 Å². The Morgan fingerprint density at radius 1 is 1.21 bits per heavy atom. The van der Waals surface area contributed by atoms with Crippen LogP contribution in [-0.2, 0) is 14.3 Å². The first-order valence-corrected chi connectivity index (χ1v) is 8.46. The molecule has 0 aliphatic heterocycles. The monoisotopic (exact) mass is 353 g/mol. The standard InChI is InChI=1S/C17H23NO5S/c1-7-22-16(20)13-11(6)14(17(21)23-10(4)5)24-15(13)18-12(19)8-9(2)3/h8,10H,7H2,1-6H3,(H,18,19). The van der Waals surface area contributed by atoms with E-state index in [1.807, 2.05) is 0 Å². The highest BCUT2D eigenvalue weighted by Gasteiger charge is 2.27. The third-order valence-electron chi connectivity index (χ3n) is 2.81. The van der Waals surface area contributed by atoms with Crippen LogP contribution in [0.2, 0.25) is 0 Å². The molecule has 7 heteroatoms. The van der Waals surface area contributed by atoms with Gasteiger partial charge in [-0.05, 0) is 47.1 Å². The Morgan fingerprint density at radius 3 is 2.33 bits per heavy atom. The Labute approximate surface area is 145 Å². The van der Waals surface area contributed by atoms with Gasteiger partial charge in [0.25, 0.3) is 0 Å². The Hall–Kier alpha value is -2.15. The molecule has 1 N–H and O–H groups in total. The van der Waals surface area contributed by atoms with Gasteiger partial charge in [-0.15, -0.1) is 11.3 Å². The van der Waals surface area contributed by atoms with Crippen molar-refractivity contribution in [2.75, 3.05) is 11.9 Å². The average molecular weight is 353 g/mol. The Balaban J connectivity index is 3.29. The molecular formula is C17H23NO5S. The van der Waals surface area contributed by atoms with Gasteiger partial charge in [-0.25, -0.2) is 9.59 Å². The number of hydrogen-bond acceptors (Lipinski definition) is 6. The molecule has 0 aromatic carbocycles. The van der Waals surface area contributed by atoms with Gasteiger partial charge in [-0.2, -0.15) is 0 Å². The quantitative estimate of drug-likeness (QED) is 0.623. The first-order chi connectivity index (χ1) is 11.2. The molecule has 1 rings (SSSR count). The molecule has 0 aliphatic rings. The van der Waals surface area contributed by atoms with Crippen LogP contribution in [0.1, 0.15) is 60.2 Å². The summed E-state index contributed by atoms with van der Waals surface area (Å²) in [5.74, 6) is -1.48. The molecule has 6 nitrogen and oxygen atoms in total. The number of nitrogens with one attached hydrogen (secondary N) is 1. The molecule has 0 spiro atoms. The molecule has 0 bridgehead atoms. The second-order valence-corrected chi connectivity index (χ2v) is 6.67. The van der Waals surface area contributed by atoms with Crippen LogP contribution >= 0.6 is 11.3 Å². The maximum Gasteiger partial charge on any atom is 0.348 e. The molecule has 0 aliphatic carbocycles. The summed E-state index contributed by atoms with van der Waals surface area (Å²) in [5, 5.41) is 2.93. The number of amides is 1. The highest BCUT2D eigenvalue weighted by molar-refractivity contribution is 7.18. The van der Waals surface area contributed by atoms with Crippen LogP contribution in [0, 0.1) is 6.92 Å². The minimum Gasteiger partial charge on any atom is -0.462 e. The van der Waals surface area contributed by atoms with Crippen LogP contribution in [-0.4, -0.2) is 30.6 Å². The lowest BCUT2D eigenvalue weighted by molar-refractivity contribution is -0.111. The number of esters is 2. The predicted octanol–water partition coefficient (Wildman–Crippen LogP) is 3.70. The van der Waals surface area contributed by atoms with Crippen LogP contribution in [0.5, 0.6) is 0 Å². The van der Waals surface area contributed by atoms with Crippen LogP contribution in [0.25, 0.3) is 0 Å². The molecule has 0 fully saturated rings. The van der Waals surface area contributed by atoms with Crippen LogP contribution in [0.4, 0.5) is 5.00 Å². The SMILES string of the molecule is CCOC(=O)c1c(NC(=O)C=C(C)C)sc(C(=O)OC(C)C)c1C. The second kappa shape index (κ2) is 8.63. The molecule has 24 heavy (non-hydrogen) atoms. The maximum absolute atomic E-state index is 12.2. The number of anilines is 1. The number of rotatable bonds is 6. The predicted molar refractivity (Wildman–Crippen MR) is 93.6 cm³/mol. The largest absolute Gasteiger partial charge is 0.462 e. The number of carbonyl (C=O) groups is 3. The molecule has 1 aromatic heterocycles. The zero-order valence-corrected chi connectivity index (χ0v) is 15.6. The molecule has 0 saturated heterocycles. The first-order valence-electron chi connectivity index (χ1n) is 7.64. The first kappa shape index (κ1) is 19.9. The summed E-state index contributed by atoms with van der Waals surface area (Å²) >= 11 is 1.01. The summed E-state index contributed by atoms with van der Waals surface area (Å²) in [7, 11) is 0. The van der Waals surface area contributed by atoms with Crippen LogP contribution < -0.4 is 5.32 Å². The van der Waals surface area contributed by atoms with E-state index in [0.29, 0.717) is 5.56 Å². The normalized spacial score (nSPS) is 10.3. The van der Waals surface area contributed by atoms with Crippen molar-refractivity contribution in [3.8, 4) is 0 Å². The Morgan fingerprint density at radius 2 is 1.83 bits per heavy atom. The lowest BCUT2D eigenvalue weighted by Crippen LogP contribution is -2.13. The Bertz CT molecular complexity index is 669. The number of hydrogen-bond donors (Lipinski definition) is 1. The summed E-state index contributed by atoms with van der Waals surface area (Å²) in [6.07, 6.45) is 1.13. The molecule has 1 heterocycles. The van der Waals surface area contributed by atoms with Gasteiger partial charge in [0.05, 0.1) is 18.3 Å². The number of ether oxygens (including phenoxy) is 2. The number of carbonyl (C=O) groups excluding carboxylic acids is 3.